The lowest BCUT2D eigenvalue weighted by molar-refractivity contribution is 0.436. The van der Waals surface area contributed by atoms with E-state index in [-0.39, 0.29) is 0 Å². The van der Waals surface area contributed by atoms with Crippen molar-refractivity contribution in [2.75, 3.05) is 0 Å². The van der Waals surface area contributed by atoms with Gasteiger partial charge in [0.2, 0.25) is 0 Å². The number of nitrogens with zero attached hydrogens (tertiary/aromatic N) is 8. The molecule has 6 aliphatic rings. The van der Waals surface area contributed by atoms with Crippen molar-refractivity contribution in [2.24, 2.45) is 0 Å². The second kappa shape index (κ2) is 35.9. The molecule has 0 bridgehead atoms. The maximum atomic E-state index is 6.98. The Labute approximate surface area is 861 Å². The molecule has 3 aliphatic heterocycles. The Morgan fingerprint density at radius 2 is 0.430 bits per heavy atom. The predicted molar refractivity (Wildman–Crippen MR) is 591 cm³/mol. The molecule has 0 saturated carbocycles. The van der Waals surface area contributed by atoms with Crippen LogP contribution in [0.25, 0.3) is 169 Å². The van der Waals surface area contributed by atoms with E-state index in [1.807, 2.05) is 164 Å². The van der Waals surface area contributed by atoms with Gasteiger partial charge in [-0.05, 0) is 158 Å². The molecule has 12 heteroatoms. The third-order valence-corrected chi connectivity index (χ3v) is 29.9. The molecule has 149 heavy (non-hydrogen) atoms. The van der Waals surface area contributed by atoms with Crippen molar-refractivity contribution in [3.63, 3.8) is 0 Å². The van der Waals surface area contributed by atoms with Gasteiger partial charge < -0.3 is 18.6 Å². The van der Waals surface area contributed by atoms with Crippen LogP contribution in [0.2, 0.25) is 0 Å². The van der Waals surface area contributed by atoms with Gasteiger partial charge in [0.1, 0.15) is 40.3 Å². The zero-order chi connectivity index (χ0) is 98.5. The minimum absolute atomic E-state index is 0.521. The van der Waals surface area contributed by atoms with Crippen molar-refractivity contribution >= 4 is 0 Å². The fraction of sp³-hybridized carbons (Fsp3) is 0.0219. The summed E-state index contributed by atoms with van der Waals surface area (Å²) in [5.74, 6) is 7.98. The first-order valence-corrected chi connectivity index (χ1v) is 50.2. The summed E-state index contributed by atoms with van der Waals surface area (Å²) in [5, 5.41) is 0. The summed E-state index contributed by atoms with van der Waals surface area (Å²) < 4.78 is 27.4. The molecule has 0 saturated heterocycles. The fourth-order valence-electron chi connectivity index (χ4n) is 23.5. The summed E-state index contributed by atoms with van der Waals surface area (Å²) in [6.07, 6.45) is 3.71. The van der Waals surface area contributed by atoms with Gasteiger partial charge >= 0.3 is 0 Å². The van der Waals surface area contributed by atoms with E-state index in [9.17, 15) is 0 Å². The number of aromatic nitrogens is 8. The fourth-order valence-corrected chi connectivity index (χ4v) is 23.5. The summed E-state index contributed by atoms with van der Waals surface area (Å²) in [6.45, 7) is 0. The van der Waals surface area contributed by atoms with Gasteiger partial charge in [-0.1, -0.05) is 419 Å². The van der Waals surface area contributed by atoms with Gasteiger partial charge in [-0.25, -0.2) is 29.9 Å². The van der Waals surface area contributed by atoms with Gasteiger partial charge in [0.05, 0.1) is 67.4 Å². The van der Waals surface area contributed by atoms with E-state index in [1.165, 1.54) is 66.8 Å². The molecule has 3 aliphatic carbocycles. The summed E-state index contributed by atoms with van der Waals surface area (Å²) in [6, 6.07) is 177. The van der Waals surface area contributed by atoms with Crippen molar-refractivity contribution in [2.45, 2.75) is 16.2 Å². The number of para-hydroxylation sites is 6. The highest BCUT2D eigenvalue weighted by Crippen LogP contribution is 2.68. The Hall–Kier alpha value is -19.8. The number of furan rings is 1. The van der Waals surface area contributed by atoms with Crippen molar-refractivity contribution in [3.05, 3.63) is 589 Å². The van der Waals surface area contributed by atoms with Gasteiger partial charge in [-0.15, -0.1) is 0 Å². The maximum absolute atomic E-state index is 6.98. The third-order valence-electron chi connectivity index (χ3n) is 29.9. The standard InChI is InChI=1S/2C46H29N3O.C45H28N2O2/c1-3-15-30(16-4-1)40-29-41(31-17-5-2-6-18-31)49-45(48-40)35-22-14-28-47-43(35)34-21-13-26-39-44(34)50-42-27-12-11-25-38(42)46(39)36-23-9-7-19-32(36)33-20-8-10-24-37(33)46;1-3-14-30(15-4-1)41-28-42(31-16-5-2-6-17-31)49-45(48-41)32-26-27-40(47-29-32)35-20-13-24-39-44(35)50-43-25-12-11-23-38(43)46(39)36-21-9-7-18-33(36)34-19-8-10-22-37(34)46;1-3-14-29(15-4-1)38-28-39(30-16-5-2-6-17-30)47-44(46-38)42-27-26-40(48-42)33-20-13-24-37-43(33)49-41-25-12-11-23-36(41)45(37)34-21-9-7-18-31(34)32-19-8-10-22-35(32)45/h2*1-29H;1-28H. The molecule has 0 amide bonds. The minimum atomic E-state index is -0.563. The first-order valence-electron chi connectivity index (χ1n) is 50.2. The molecule has 0 fully saturated rings. The normalized spacial score (nSPS) is 13.2. The molecule has 0 radical (unpaired) electrons. The number of benzene rings is 18. The molecule has 30 rings (SSSR count). The van der Waals surface area contributed by atoms with Gasteiger partial charge in [-0.3, -0.25) is 9.97 Å². The van der Waals surface area contributed by atoms with Gasteiger partial charge in [-0.2, -0.15) is 0 Å². The molecule has 0 atom stereocenters. The van der Waals surface area contributed by atoms with E-state index in [4.69, 9.17) is 58.5 Å². The molecule has 12 nitrogen and oxygen atoms in total. The van der Waals surface area contributed by atoms with Crippen LogP contribution in [0.15, 0.2) is 526 Å². The lowest BCUT2D eigenvalue weighted by Gasteiger charge is -2.40. The summed E-state index contributed by atoms with van der Waals surface area (Å²) in [5.41, 5.74) is 37.4. The number of ether oxygens (including phenoxy) is 3. The summed E-state index contributed by atoms with van der Waals surface area (Å²) in [7, 11) is 0. The molecule has 0 N–H and O–H groups in total. The van der Waals surface area contributed by atoms with Crippen LogP contribution in [-0.2, 0) is 16.2 Å². The van der Waals surface area contributed by atoms with Crippen LogP contribution in [0.4, 0.5) is 0 Å². The molecular weight excluding hydrogens is 1820 g/mol. The zero-order valence-electron chi connectivity index (χ0n) is 80.4. The smallest absolute Gasteiger partial charge is 0.196 e. The Morgan fingerprint density at radius 1 is 0.161 bits per heavy atom. The summed E-state index contributed by atoms with van der Waals surface area (Å²) in [4.78, 5) is 40.4. The average molecular weight is 1910 g/mol. The van der Waals surface area contributed by atoms with Crippen LogP contribution >= 0.6 is 0 Å². The lowest BCUT2D eigenvalue weighted by Crippen LogP contribution is -2.32. The highest BCUT2D eigenvalue weighted by atomic mass is 16.5. The first kappa shape index (κ1) is 87.0. The molecule has 3 spiro atoms. The number of rotatable bonds is 12. The van der Waals surface area contributed by atoms with E-state index in [1.54, 1.807) is 0 Å². The largest absolute Gasteiger partial charge is 0.456 e. The Kier molecular flexibility index (Phi) is 21.0. The molecule has 18 aromatic carbocycles. The monoisotopic (exact) mass is 1910 g/mol. The molecule has 698 valence electrons. The van der Waals surface area contributed by atoms with Crippen molar-refractivity contribution in [1.29, 1.82) is 0 Å². The molecule has 24 aromatic rings. The maximum Gasteiger partial charge on any atom is 0.196 e. The van der Waals surface area contributed by atoms with Crippen molar-refractivity contribution < 1.29 is 18.6 Å². The molecular formula is C137H86N8O4. The van der Waals surface area contributed by atoms with Crippen molar-refractivity contribution in [3.8, 4) is 204 Å². The van der Waals surface area contributed by atoms with E-state index >= 15 is 0 Å². The average Bonchev–Trinajstić information content (AvgIpc) is 1.53. The topological polar surface area (TPSA) is 144 Å². The van der Waals surface area contributed by atoms with Gasteiger partial charge in [0, 0.05) is 101 Å². The SMILES string of the molecule is c1ccc(-c2cc(-c3ccccc3)nc(-c3ccc(-c4cccc5c4Oc4ccccc4C54c5ccccc5-c5ccccc54)nc3)n2)cc1.c1ccc(-c2cc(-c3ccccc3)nc(-c3ccc(-c4cccc5c4Oc4ccccc4C54c5ccccc5-c5ccccc54)o3)n2)cc1.c1ccc(-c2cc(-c3ccccc3)nc(-c3cccnc3-c3cccc4c3Oc3ccccc3C43c4ccccc4-c4ccccc43)n2)cc1. The molecule has 6 aromatic heterocycles. The van der Waals surface area contributed by atoms with Crippen LogP contribution in [0, 0.1) is 0 Å². The van der Waals surface area contributed by atoms with E-state index in [0.29, 0.717) is 29.0 Å². The number of hydrogen-bond acceptors (Lipinski definition) is 12. The quantitative estimate of drug-likeness (QED) is 0.115. The third kappa shape index (κ3) is 14.2. The second-order valence-corrected chi connectivity index (χ2v) is 37.9. The predicted octanol–water partition coefficient (Wildman–Crippen LogP) is 33.2. The van der Waals surface area contributed by atoms with Crippen LogP contribution in [-0.4, -0.2) is 39.9 Å². The van der Waals surface area contributed by atoms with Crippen LogP contribution in [0.5, 0.6) is 34.5 Å². The highest BCUT2D eigenvalue weighted by Gasteiger charge is 2.55. The van der Waals surface area contributed by atoms with Crippen LogP contribution in [0.3, 0.4) is 0 Å². The first-order chi connectivity index (χ1) is 73.9. The number of pyridine rings is 2. The van der Waals surface area contributed by atoms with Gasteiger partial charge in [0.25, 0.3) is 0 Å². The number of fused-ring (bicyclic) bond motifs is 27. The summed E-state index contributed by atoms with van der Waals surface area (Å²) >= 11 is 0. The molecule has 0 unspecified atom stereocenters. The highest BCUT2D eigenvalue weighted by molar-refractivity contribution is 5.96. The van der Waals surface area contributed by atoms with E-state index < -0.39 is 16.2 Å². The van der Waals surface area contributed by atoms with Gasteiger partial charge in [0.15, 0.2) is 23.2 Å². The van der Waals surface area contributed by atoms with Crippen LogP contribution < -0.4 is 14.2 Å². The number of hydrogen-bond donors (Lipinski definition) is 0. The zero-order valence-corrected chi connectivity index (χ0v) is 80.4. The minimum Gasteiger partial charge on any atom is -0.456 e. The van der Waals surface area contributed by atoms with Crippen molar-refractivity contribution in [1.82, 2.24) is 39.9 Å². The van der Waals surface area contributed by atoms with E-state index in [0.717, 1.165) is 175 Å². The Balaban J connectivity index is 0.000000108. The van der Waals surface area contributed by atoms with E-state index in [2.05, 4.69) is 358 Å². The Bertz CT molecular complexity index is 9080. The van der Waals surface area contributed by atoms with Crippen LogP contribution in [0.1, 0.15) is 66.8 Å². The second-order valence-electron chi connectivity index (χ2n) is 37.9. The molecule has 9 heterocycles. The lowest BCUT2D eigenvalue weighted by atomic mass is 9.65. The Morgan fingerprint density at radius 3 is 0.779 bits per heavy atom.